The maximum absolute atomic E-state index is 11.7. The van der Waals surface area contributed by atoms with Crippen LogP contribution in [0.2, 0.25) is 0 Å². The number of allylic oxidation sites excluding steroid dienone is 1. The van der Waals surface area contributed by atoms with E-state index in [0.29, 0.717) is 24.9 Å². The summed E-state index contributed by atoms with van der Waals surface area (Å²) >= 11 is 0. The Morgan fingerprint density at radius 3 is 2.28 bits per heavy atom. The van der Waals surface area contributed by atoms with Gasteiger partial charge in [0.05, 0.1) is 6.61 Å². The highest BCUT2D eigenvalue weighted by Gasteiger charge is 2.22. The van der Waals surface area contributed by atoms with Crippen molar-refractivity contribution in [1.82, 2.24) is 5.32 Å². The van der Waals surface area contributed by atoms with Crippen LogP contribution in [0.1, 0.15) is 41.0 Å². The highest BCUT2D eigenvalue weighted by molar-refractivity contribution is 5.91. The number of hydrogen-bond donors (Lipinski definition) is 1. The monoisotopic (exact) mass is 255 g/mol. The summed E-state index contributed by atoms with van der Waals surface area (Å²) in [7, 11) is 0. The average Bonchev–Trinajstić information content (AvgIpc) is 2.25. The lowest BCUT2D eigenvalue weighted by atomic mass is 10.0. The fourth-order valence-electron chi connectivity index (χ4n) is 1.43. The molecule has 4 nitrogen and oxygen atoms in total. The predicted molar refractivity (Wildman–Crippen MR) is 72.0 cm³/mol. The zero-order chi connectivity index (χ0) is 14.1. The number of esters is 1. The number of rotatable bonds is 7. The van der Waals surface area contributed by atoms with Gasteiger partial charge in [-0.3, -0.25) is 4.79 Å². The molecular formula is C14H25NO3. The van der Waals surface area contributed by atoms with Crippen molar-refractivity contribution < 1.29 is 14.3 Å². The van der Waals surface area contributed by atoms with E-state index in [1.165, 1.54) is 6.08 Å². The van der Waals surface area contributed by atoms with Gasteiger partial charge in [0.15, 0.2) is 0 Å². The van der Waals surface area contributed by atoms with Crippen LogP contribution in [0.5, 0.6) is 0 Å². The van der Waals surface area contributed by atoms with Crippen molar-refractivity contribution in [2.45, 2.75) is 47.1 Å². The number of hydrogen-bond acceptors (Lipinski definition) is 3. The van der Waals surface area contributed by atoms with E-state index in [4.69, 9.17) is 4.74 Å². The predicted octanol–water partition coefficient (Wildman–Crippen LogP) is 2.29. The molecule has 0 aliphatic heterocycles. The SMILES string of the molecule is CCOC(=O)[C@@H](CC(C)C)NC(=O)/C=C/C(C)C. The van der Waals surface area contributed by atoms with Crippen LogP contribution in [0.4, 0.5) is 0 Å². The topological polar surface area (TPSA) is 55.4 Å². The van der Waals surface area contributed by atoms with E-state index < -0.39 is 6.04 Å². The Kier molecular flexibility index (Phi) is 8.08. The van der Waals surface area contributed by atoms with E-state index in [9.17, 15) is 9.59 Å². The molecule has 0 fully saturated rings. The molecule has 0 saturated carbocycles. The molecule has 1 N–H and O–H groups in total. The second-order valence-corrected chi connectivity index (χ2v) is 5.05. The van der Waals surface area contributed by atoms with E-state index in [2.05, 4.69) is 5.32 Å². The second-order valence-electron chi connectivity index (χ2n) is 5.05. The van der Waals surface area contributed by atoms with Gasteiger partial charge in [-0.25, -0.2) is 4.79 Å². The standard InChI is InChI=1S/C14H25NO3/c1-6-18-14(17)12(9-11(4)5)15-13(16)8-7-10(2)3/h7-8,10-12H,6,9H2,1-5H3,(H,15,16)/b8-7+/t12-/m1/s1. The van der Waals surface area contributed by atoms with Gasteiger partial charge >= 0.3 is 5.97 Å². The summed E-state index contributed by atoms with van der Waals surface area (Å²) in [5.41, 5.74) is 0. The minimum Gasteiger partial charge on any atom is -0.464 e. The first-order chi connectivity index (χ1) is 8.36. The molecule has 0 aromatic carbocycles. The van der Waals surface area contributed by atoms with Crippen LogP contribution >= 0.6 is 0 Å². The fourth-order valence-corrected chi connectivity index (χ4v) is 1.43. The van der Waals surface area contributed by atoms with E-state index >= 15 is 0 Å². The second kappa shape index (κ2) is 8.72. The third-order valence-corrected chi connectivity index (χ3v) is 2.23. The van der Waals surface area contributed by atoms with Crippen molar-refractivity contribution >= 4 is 11.9 Å². The Morgan fingerprint density at radius 1 is 1.22 bits per heavy atom. The van der Waals surface area contributed by atoms with Crippen LogP contribution in [-0.4, -0.2) is 24.5 Å². The summed E-state index contributed by atoms with van der Waals surface area (Å²) in [6, 6.07) is -0.561. The molecule has 0 saturated heterocycles. The maximum atomic E-state index is 11.7. The highest BCUT2D eigenvalue weighted by atomic mass is 16.5. The molecule has 104 valence electrons. The third-order valence-electron chi connectivity index (χ3n) is 2.23. The van der Waals surface area contributed by atoms with Crippen molar-refractivity contribution in [2.24, 2.45) is 11.8 Å². The van der Waals surface area contributed by atoms with Gasteiger partial charge in [0.25, 0.3) is 0 Å². The molecule has 1 amide bonds. The van der Waals surface area contributed by atoms with Gasteiger partial charge in [0.2, 0.25) is 5.91 Å². The average molecular weight is 255 g/mol. The normalized spacial score (nSPS) is 13.1. The molecule has 0 spiro atoms. The molecule has 0 aliphatic carbocycles. The molecule has 4 heteroatoms. The first kappa shape index (κ1) is 16.7. The number of nitrogens with one attached hydrogen (secondary N) is 1. The quantitative estimate of drug-likeness (QED) is 0.561. The maximum Gasteiger partial charge on any atom is 0.328 e. The molecule has 0 unspecified atom stereocenters. The molecule has 0 aliphatic rings. The Balaban J connectivity index is 4.48. The molecule has 0 aromatic heterocycles. The minimum atomic E-state index is -0.561. The number of carbonyl (C=O) groups excluding carboxylic acids is 2. The smallest absolute Gasteiger partial charge is 0.328 e. The molecule has 0 radical (unpaired) electrons. The Bertz CT molecular complexity index is 295. The molecule has 0 bridgehead atoms. The molecule has 18 heavy (non-hydrogen) atoms. The molecule has 1 atom stereocenters. The van der Waals surface area contributed by atoms with Crippen molar-refractivity contribution in [3.63, 3.8) is 0 Å². The van der Waals surface area contributed by atoms with Crippen molar-refractivity contribution in [3.05, 3.63) is 12.2 Å². The Labute approximate surface area is 110 Å². The Morgan fingerprint density at radius 2 is 1.83 bits per heavy atom. The molecule has 0 aromatic rings. The summed E-state index contributed by atoms with van der Waals surface area (Å²) in [4.78, 5) is 23.3. The van der Waals surface area contributed by atoms with Gasteiger partial charge in [-0.15, -0.1) is 0 Å². The molecule has 0 rings (SSSR count). The van der Waals surface area contributed by atoms with Crippen molar-refractivity contribution in [2.75, 3.05) is 6.61 Å². The van der Waals surface area contributed by atoms with Crippen LogP contribution in [-0.2, 0) is 14.3 Å². The first-order valence-electron chi connectivity index (χ1n) is 6.52. The summed E-state index contributed by atoms with van der Waals surface area (Å²) in [5, 5.41) is 2.69. The van der Waals surface area contributed by atoms with Gasteiger partial charge in [-0.2, -0.15) is 0 Å². The lowest BCUT2D eigenvalue weighted by molar-refractivity contribution is -0.147. The lowest BCUT2D eigenvalue weighted by Gasteiger charge is -2.18. The largest absolute Gasteiger partial charge is 0.464 e. The zero-order valence-electron chi connectivity index (χ0n) is 12.0. The van der Waals surface area contributed by atoms with Gasteiger partial charge < -0.3 is 10.1 Å². The van der Waals surface area contributed by atoms with E-state index in [1.807, 2.05) is 27.7 Å². The van der Waals surface area contributed by atoms with Gasteiger partial charge in [0, 0.05) is 0 Å². The van der Waals surface area contributed by atoms with Crippen LogP contribution < -0.4 is 5.32 Å². The Hall–Kier alpha value is -1.32. The summed E-state index contributed by atoms with van der Waals surface area (Å²) in [6.45, 7) is 10.1. The van der Waals surface area contributed by atoms with Gasteiger partial charge in [0.1, 0.15) is 6.04 Å². The number of amides is 1. The first-order valence-corrected chi connectivity index (χ1v) is 6.52. The molecule has 0 heterocycles. The zero-order valence-corrected chi connectivity index (χ0v) is 12.0. The summed E-state index contributed by atoms with van der Waals surface area (Å²) in [6.07, 6.45) is 3.85. The third kappa shape index (κ3) is 7.87. The summed E-state index contributed by atoms with van der Waals surface area (Å²) < 4.78 is 4.95. The summed E-state index contributed by atoms with van der Waals surface area (Å²) in [5.74, 6) is 0.00979. The van der Waals surface area contributed by atoms with Crippen LogP contribution in [0.15, 0.2) is 12.2 Å². The van der Waals surface area contributed by atoms with Crippen LogP contribution in [0, 0.1) is 11.8 Å². The fraction of sp³-hybridized carbons (Fsp3) is 0.714. The number of carbonyl (C=O) groups is 2. The van der Waals surface area contributed by atoms with E-state index in [1.54, 1.807) is 13.0 Å². The lowest BCUT2D eigenvalue weighted by Crippen LogP contribution is -2.42. The van der Waals surface area contributed by atoms with E-state index in [-0.39, 0.29) is 11.9 Å². The van der Waals surface area contributed by atoms with Crippen LogP contribution in [0.25, 0.3) is 0 Å². The van der Waals surface area contributed by atoms with Crippen molar-refractivity contribution in [1.29, 1.82) is 0 Å². The van der Waals surface area contributed by atoms with E-state index in [0.717, 1.165) is 0 Å². The van der Waals surface area contributed by atoms with Gasteiger partial charge in [-0.05, 0) is 31.3 Å². The highest BCUT2D eigenvalue weighted by Crippen LogP contribution is 2.06. The van der Waals surface area contributed by atoms with Crippen molar-refractivity contribution in [3.8, 4) is 0 Å². The van der Waals surface area contributed by atoms with Crippen LogP contribution in [0.3, 0.4) is 0 Å². The van der Waals surface area contributed by atoms with Gasteiger partial charge in [-0.1, -0.05) is 33.8 Å². The minimum absolute atomic E-state index is 0.248. The number of ether oxygens (including phenoxy) is 1. The molecular weight excluding hydrogens is 230 g/mol.